The first-order valence-electron chi connectivity index (χ1n) is 7.00. The van der Waals surface area contributed by atoms with Gasteiger partial charge in [-0.2, -0.15) is 0 Å². The number of amides is 1. The minimum absolute atomic E-state index is 0.0319. The van der Waals surface area contributed by atoms with Gasteiger partial charge in [0, 0.05) is 17.1 Å². The maximum Gasteiger partial charge on any atom is 0.258 e. The van der Waals surface area contributed by atoms with Gasteiger partial charge in [0.25, 0.3) is 5.91 Å². The van der Waals surface area contributed by atoms with Crippen molar-refractivity contribution in [2.24, 2.45) is 0 Å². The third-order valence-corrected chi connectivity index (χ3v) is 4.56. The van der Waals surface area contributed by atoms with Crippen LogP contribution in [0.1, 0.15) is 34.3 Å². The van der Waals surface area contributed by atoms with E-state index in [1.807, 2.05) is 25.1 Å². The van der Waals surface area contributed by atoms with Crippen LogP contribution >= 0.6 is 11.3 Å². The van der Waals surface area contributed by atoms with E-state index in [1.54, 1.807) is 5.38 Å². The predicted molar refractivity (Wildman–Crippen MR) is 85.7 cm³/mol. The maximum absolute atomic E-state index is 12.2. The van der Waals surface area contributed by atoms with E-state index in [2.05, 4.69) is 17.6 Å². The minimum Gasteiger partial charge on any atom is -0.506 e. The second kappa shape index (κ2) is 5.41. The first-order valence-corrected chi connectivity index (χ1v) is 7.88. The van der Waals surface area contributed by atoms with Gasteiger partial charge in [0.1, 0.15) is 16.3 Å². The molecule has 1 aromatic heterocycles. The summed E-state index contributed by atoms with van der Waals surface area (Å²) in [4.78, 5) is 12.2. The van der Waals surface area contributed by atoms with E-state index >= 15 is 0 Å². The Balaban J connectivity index is 1.84. The molecule has 5 heteroatoms. The van der Waals surface area contributed by atoms with Crippen molar-refractivity contribution in [2.45, 2.75) is 32.7 Å². The highest BCUT2D eigenvalue weighted by Crippen LogP contribution is 2.36. The quantitative estimate of drug-likeness (QED) is 0.807. The second-order valence-corrected chi connectivity index (χ2v) is 6.38. The second-order valence-electron chi connectivity index (χ2n) is 5.50. The van der Waals surface area contributed by atoms with Gasteiger partial charge in [-0.1, -0.05) is 6.07 Å². The molecule has 0 spiro atoms. The van der Waals surface area contributed by atoms with Gasteiger partial charge in [-0.3, -0.25) is 4.79 Å². The van der Waals surface area contributed by atoms with Crippen molar-refractivity contribution in [2.75, 3.05) is 5.32 Å². The summed E-state index contributed by atoms with van der Waals surface area (Å²) < 4.78 is 0. The number of rotatable bonds is 4. The maximum atomic E-state index is 12.2. The molecule has 4 nitrogen and oxygen atoms in total. The summed E-state index contributed by atoms with van der Waals surface area (Å²) in [5.74, 6) is -0.174. The summed E-state index contributed by atoms with van der Waals surface area (Å²) in [6.45, 7) is 4.11. The number of thiophene rings is 1. The van der Waals surface area contributed by atoms with Crippen LogP contribution in [-0.2, 0) is 0 Å². The predicted octanol–water partition coefficient (Wildman–Crippen LogP) is 3.71. The first kappa shape index (κ1) is 13.9. The highest BCUT2D eigenvalue weighted by atomic mass is 32.1. The average molecular weight is 302 g/mol. The first-order chi connectivity index (χ1) is 10.0. The molecule has 0 bridgehead atoms. The van der Waals surface area contributed by atoms with Gasteiger partial charge in [0.05, 0.1) is 0 Å². The number of carbonyl (C=O) groups excluding carboxylic acids is 1. The van der Waals surface area contributed by atoms with Crippen molar-refractivity contribution in [3.8, 4) is 5.75 Å². The van der Waals surface area contributed by atoms with E-state index < -0.39 is 0 Å². The lowest BCUT2D eigenvalue weighted by Crippen LogP contribution is -2.25. The Morgan fingerprint density at radius 2 is 2.05 bits per heavy atom. The molecule has 1 heterocycles. The Morgan fingerprint density at radius 1 is 1.29 bits per heavy atom. The van der Waals surface area contributed by atoms with Gasteiger partial charge >= 0.3 is 0 Å². The highest BCUT2D eigenvalue weighted by molar-refractivity contribution is 7.15. The van der Waals surface area contributed by atoms with Gasteiger partial charge in [-0.25, -0.2) is 0 Å². The van der Waals surface area contributed by atoms with Crippen LogP contribution in [0.2, 0.25) is 0 Å². The van der Waals surface area contributed by atoms with Crippen LogP contribution in [0.25, 0.3) is 0 Å². The number of aromatic hydroxyl groups is 1. The van der Waals surface area contributed by atoms with E-state index in [0.29, 0.717) is 10.6 Å². The Hall–Kier alpha value is -2.01. The molecular formula is C16H18N2O2S. The number of carbonyl (C=O) groups is 1. The van der Waals surface area contributed by atoms with Gasteiger partial charge in [0.2, 0.25) is 0 Å². The fourth-order valence-electron chi connectivity index (χ4n) is 2.10. The fraction of sp³-hybridized carbons (Fsp3) is 0.312. The zero-order valence-corrected chi connectivity index (χ0v) is 12.9. The van der Waals surface area contributed by atoms with Crippen molar-refractivity contribution in [1.82, 2.24) is 5.32 Å². The standard InChI is InChI=1S/C16H18N2O2S/c1-9-3-4-12(7-10(9)2)18-16-14(13(19)8-21-16)15(20)17-11-5-6-11/h3-4,7-8,11,18-19H,5-6H2,1-2H3,(H,17,20). The minimum atomic E-state index is -0.206. The molecule has 3 rings (SSSR count). The van der Waals surface area contributed by atoms with E-state index in [9.17, 15) is 9.90 Å². The molecule has 1 fully saturated rings. The summed E-state index contributed by atoms with van der Waals surface area (Å²) in [5, 5.41) is 18.3. The lowest BCUT2D eigenvalue weighted by Gasteiger charge is -2.10. The fourth-order valence-corrected chi connectivity index (χ4v) is 2.94. The lowest BCUT2D eigenvalue weighted by molar-refractivity contribution is 0.0950. The molecule has 0 saturated heterocycles. The SMILES string of the molecule is Cc1ccc(Nc2scc(O)c2C(=O)NC2CC2)cc1C. The summed E-state index contributed by atoms with van der Waals surface area (Å²) in [5.41, 5.74) is 3.66. The number of nitrogens with one attached hydrogen (secondary N) is 2. The van der Waals surface area contributed by atoms with Crippen LogP contribution in [0.3, 0.4) is 0 Å². The smallest absolute Gasteiger partial charge is 0.258 e. The van der Waals surface area contributed by atoms with Crippen molar-refractivity contribution < 1.29 is 9.90 Å². The van der Waals surface area contributed by atoms with Crippen LogP contribution in [-0.4, -0.2) is 17.1 Å². The van der Waals surface area contributed by atoms with Gasteiger partial charge in [-0.15, -0.1) is 11.3 Å². The Labute approximate surface area is 127 Å². The molecule has 0 radical (unpaired) electrons. The molecule has 1 aromatic carbocycles. The van der Waals surface area contributed by atoms with Gasteiger partial charge in [0.15, 0.2) is 0 Å². The average Bonchev–Trinajstić information content (AvgIpc) is 3.17. The molecule has 21 heavy (non-hydrogen) atoms. The Morgan fingerprint density at radius 3 is 2.71 bits per heavy atom. The summed E-state index contributed by atoms with van der Waals surface area (Å²) in [6.07, 6.45) is 2.05. The van der Waals surface area contributed by atoms with Crippen molar-refractivity contribution in [1.29, 1.82) is 0 Å². The summed E-state index contributed by atoms with van der Waals surface area (Å²) in [6, 6.07) is 6.32. The molecule has 0 atom stereocenters. The molecule has 1 aliphatic carbocycles. The third kappa shape index (κ3) is 3.03. The van der Waals surface area contributed by atoms with E-state index in [1.165, 1.54) is 22.5 Å². The molecule has 2 aromatic rings. The van der Waals surface area contributed by atoms with Gasteiger partial charge < -0.3 is 15.7 Å². The summed E-state index contributed by atoms with van der Waals surface area (Å²) in [7, 11) is 0. The largest absolute Gasteiger partial charge is 0.506 e. The van der Waals surface area contributed by atoms with Crippen LogP contribution in [0, 0.1) is 13.8 Å². The molecule has 1 aliphatic rings. The third-order valence-electron chi connectivity index (χ3n) is 3.68. The molecule has 0 aliphatic heterocycles. The van der Waals surface area contributed by atoms with E-state index in [0.717, 1.165) is 18.5 Å². The van der Waals surface area contributed by atoms with Crippen LogP contribution < -0.4 is 10.6 Å². The van der Waals surface area contributed by atoms with Crippen LogP contribution in [0.5, 0.6) is 5.75 Å². The highest BCUT2D eigenvalue weighted by Gasteiger charge is 2.27. The molecule has 1 saturated carbocycles. The monoisotopic (exact) mass is 302 g/mol. The van der Waals surface area contributed by atoms with E-state index in [4.69, 9.17) is 0 Å². The lowest BCUT2D eigenvalue weighted by atomic mass is 10.1. The number of hydrogen-bond acceptors (Lipinski definition) is 4. The zero-order valence-electron chi connectivity index (χ0n) is 12.1. The Bertz CT molecular complexity index is 690. The molecule has 1 amide bonds. The van der Waals surface area contributed by atoms with Crippen LogP contribution in [0.15, 0.2) is 23.6 Å². The van der Waals surface area contributed by atoms with Gasteiger partial charge in [-0.05, 0) is 49.9 Å². The van der Waals surface area contributed by atoms with Crippen molar-refractivity contribution in [3.63, 3.8) is 0 Å². The normalized spacial score (nSPS) is 14.0. The molecule has 110 valence electrons. The van der Waals surface area contributed by atoms with E-state index in [-0.39, 0.29) is 17.7 Å². The topological polar surface area (TPSA) is 61.4 Å². The zero-order chi connectivity index (χ0) is 15.0. The number of hydrogen-bond donors (Lipinski definition) is 3. The molecule has 3 N–H and O–H groups in total. The summed E-state index contributed by atoms with van der Waals surface area (Å²) >= 11 is 1.33. The Kier molecular flexibility index (Phi) is 3.59. The van der Waals surface area contributed by atoms with Crippen molar-refractivity contribution >= 4 is 27.9 Å². The van der Waals surface area contributed by atoms with Crippen LogP contribution in [0.4, 0.5) is 10.7 Å². The van der Waals surface area contributed by atoms with Crippen molar-refractivity contribution in [3.05, 3.63) is 40.3 Å². The number of aryl methyl sites for hydroxylation is 2. The number of anilines is 2. The number of benzene rings is 1. The molecule has 0 unspecified atom stereocenters. The molecular weight excluding hydrogens is 284 g/mol.